The summed E-state index contributed by atoms with van der Waals surface area (Å²) in [6.07, 6.45) is 0. The lowest BCUT2D eigenvalue weighted by molar-refractivity contribution is -0.117. The Hall–Kier alpha value is -2.27. The normalized spacial score (nSPS) is 12.3. The maximum Gasteiger partial charge on any atom is 0.240 e. The smallest absolute Gasteiger partial charge is 0.240 e. The van der Waals surface area contributed by atoms with E-state index in [1.807, 2.05) is 68.4 Å². The highest BCUT2D eigenvalue weighted by Crippen LogP contribution is 2.26. The van der Waals surface area contributed by atoms with Crippen molar-refractivity contribution in [1.82, 2.24) is 9.97 Å². The first kappa shape index (κ1) is 15.6. The number of benzene rings is 2. The zero-order chi connectivity index (χ0) is 16.2. The molecule has 0 spiro atoms. The number of carbonyl (C=O) groups excluding carboxylic acids is 1. The molecule has 0 saturated heterocycles. The Morgan fingerprint density at radius 1 is 1.17 bits per heavy atom. The van der Waals surface area contributed by atoms with E-state index in [1.165, 1.54) is 11.8 Å². The van der Waals surface area contributed by atoms with Gasteiger partial charge in [-0.2, -0.15) is 0 Å². The number of fused-ring (bicyclic) bond motifs is 1. The molecule has 1 atom stereocenters. The Morgan fingerprint density at radius 3 is 2.57 bits per heavy atom. The number of nitrogens with zero attached hydrogens (tertiary/aromatic N) is 2. The summed E-state index contributed by atoms with van der Waals surface area (Å²) < 4.78 is 0. The van der Waals surface area contributed by atoms with Crippen molar-refractivity contribution in [2.24, 2.45) is 0 Å². The van der Waals surface area contributed by atoms with Crippen molar-refractivity contribution in [3.8, 4) is 0 Å². The molecule has 3 aromatic rings. The molecule has 0 saturated carbocycles. The van der Waals surface area contributed by atoms with E-state index in [-0.39, 0.29) is 11.2 Å². The molecule has 2 aromatic carbocycles. The number of H-pyrrole nitrogens is 1. The van der Waals surface area contributed by atoms with E-state index in [2.05, 4.69) is 9.97 Å². The lowest BCUT2D eigenvalue weighted by Crippen LogP contribution is -2.36. The van der Waals surface area contributed by atoms with Gasteiger partial charge in [0.05, 0.1) is 16.3 Å². The average molecular weight is 325 g/mol. The van der Waals surface area contributed by atoms with Crippen LogP contribution in [0.15, 0.2) is 59.8 Å². The average Bonchev–Trinajstić information content (AvgIpc) is 2.98. The van der Waals surface area contributed by atoms with E-state index in [0.29, 0.717) is 6.54 Å². The summed E-state index contributed by atoms with van der Waals surface area (Å²) in [5.41, 5.74) is 2.84. The van der Waals surface area contributed by atoms with Gasteiger partial charge in [0.25, 0.3) is 0 Å². The van der Waals surface area contributed by atoms with E-state index < -0.39 is 0 Å². The quantitative estimate of drug-likeness (QED) is 0.719. The van der Waals surface area contributed by atoms with Crippen molar-refractivity contribution in [2.75, 3.05) is 11.4 Å². The monoisotopic (exact) mass is 325 g/mol. The second-order valence-electron chi connectivity index (χ2n) is 5.24. The molecule has 1 heterocycles. The molecule has 118 valence electrons. The Morgan fingerprint density at radius 2 is 1.87 bits per heavy atom. The number of aromatic nitrogens is 2. The molecule has 0 fully saturated rings. The summed E-state index contributed by atoms with van der Waals surface area (Å²) in [6.45, 7) is 4.56. The van der Waals surface area contributed by atoms with Gasteiger partial charge in [-0.05, 0) is 38.1 Å². The fourth-order valence-electron chi connectivity index (χ4n) is 2.50. The Bertz CT molecular complexity index is 767. The number of thioether (sulfide) groups is 1. The van der Waals surface area contributed by atoms with Gasteiger partial charge in [0.15, 0.2) is 5.16 Å². The Kier molecular flexibility index (Phi) is 4.67. The van der Waals surface area contributed by atoms with Gasteiger partial charge in [-0.3, -0.25) is 4.79 Å². The van der Waals surface area contributed by atoms with Crippen LogP contribution in [-0.4, -0.2) is 27.7 Å². The second kappa shape index (κ2) is 6.87. The SMILES string of the molecule is CCN(C(=O)[C@H](C)Sc1nc2ccccc2[nH]1)c1ccccc1. The van der Waals surface area contributed by atoms with Crippen LogP contribution in [0.25, 0.3) is 11.0 Å². The number of nitrogens with one attached hydrogen (secondary N) is 1. The molecule has 0 unspecified atom stereocenters. The number of hydrogen-bond donors (Lipinski definition) is 1. The molecule has 23 heavy (non-hydrogen) atoms. The first-order valence-corrected chi connectivity index (χ1v) is 8.55. The maximum atomic E-state index is 12.8. The lowest BCUT2D eigenvalue weighted by atomic mass is 10.2. The van der Waals surface area contributed by atoms with Gasteiger partial charge in [0.2, 0.25) is 5.91 Å². The lowest BCUT2D eigenvalue weighted by Gasteiger charge is -2.23. The molecule has 4 nitrogen and oxygen atoms in total. The predicted molar refractivity (Wildman–Crippen MR) is 95.9 cm³/mol. The molecule has 0 aliphatic rings. The minimum atomic E-state index is -0.212. The van der Waals surface area contributed by atoms with Gasteiger partial charge < -0.3 is 9.88 Å². The van der Waals surface area contributed by atoms with Gasteiger partial charge >= 0.3 is 0 Å². The number of amides is 1. The number of imidazole rings is 1. The summed E-state index contributed by atoms with van der Waals surface area (Å²) in [4.78, 5) is 22.4. The van der Waals surface area contributed by atoms with Crippen LogP contribution in [0.5, 0.6) is 0 Å². The van der Waals surface area contributed by atoms with Gasteiger partial charge in [0.1, 0.15) is 0 Å². The molecule has 1 amide bonds. The number of carbonyl (C=O) groups is 1. The Labute approximate surface area is 139 Å². The number of para-hydroxylation sites is 3. The summed E-state index contributed by atoms with van der Waals surface area (Å²) in [7, 11) is 0. The van der Waals surface area contributed by atoms with Crippen LogP contribution >= 0.6 is 11.8 Å². The van der Waals surface area contributed by atoms with Crippen molar-refractivity contribution in [3.63, 3.8) is 0 Å². The van der Waals surface area contributed by atoms with Crippen LogP contribution in [0.1, 0.15) is 13.8 Å². The summed E-state index contributed by atoms with van der Waals surface area (Å²) in [5, 5.41) is 0.562. The summed E-state index contributed by atoms with van der Waals surface area (Å²) >= 11 is 1.46. The van der Waals surface area contributed by atoms with Gasteiger partial charge in [-0.25, -0.2) is 4.98 Å². The van der Waals surface area contributed by atoms with Gasteiger partial charge in [-0.15, -0.1) is 0 Å². The molecular weight excluding hydrogens is 306 g/mol. The van der Waals surface area contributed by atoms with Gasteiger partial charge in [0, 0.05) is 12.2 Å². The first-order chi connectivity index (χ1) is 11.2. The van der Waals surface area contributed by atoms with E-state index in [9.17, 15) is 4.79 Å². The van der Waals surface area contributed by atoms with Crippen LogP contribution in [0, 0.1) is 0 Å². The molecule has 0 radical (unpaired) electrons. The largest absolute Gasteiger partial charge is 0.333 e. The molecular formula is C18H19N3OS. The third kappa shape index (κ3) is 3.40. The van der Waals surface area contributed by atoms with Gasteiger partial charge in [-0.1, -0.05) is 42.1 Å². The topological polar surface area (TPSA) is 49.0 Å². The first-order valence-electron chi connectivity index (χ1n) is 7.67. The molecule has 1 aromatic heterocycles. The van der Waals surface area contributed by atoms with Crippen molar-refractivity contribution < 1.29 is 4.79 Å². The number of aromatic amines is 1. The van der Waals surface area contributed by atoms with Crippen LogP contribution in [-0.2, 0) is 4.79 Å². The predicted octanol–water partition coefficient (Wildman–Crippen LogP) is 4.10. The van der Waals surface area contributed by atoms with Crippen molar-refractivity contribution in [1.29, 1.82) is 0 Å². The molecule has 0 aliphatic heterocycles. The third-order valence-corrected chi connectivity index (χ3v) is 4.63. The van der Waals surface area contributed by atoms with Crippen LogP contribution in [0.2, 0.25) is 0 Å². The highest BCUT2D eigenvalue weighted by Gasteiger charge is 2.22. The highest BCUT2D eigenvalue weighted by atomic mass is 32.2. The van der Waals surface area contributed by atoms with Crippen molar-refractivity contribution in [3.05, 3.63) is 54.6 Å². The van der Waals surface area contributed by atoms with E-state index >= 15 is 0 Å². The molecule has 5 heteroatoms. The standard InChI is InChI=1S/C18H19N3OS/c1-3-21(14-9-5-4-6-10-14)17(22)13(2)23-18-19-15-11-7-8-12-16(15)20-18/h4-13H,3H2,1-2H3,(H,19,20)/t13-/m0/s1. The minimum absolute atomic E-state index is 0.0872. The molecule has 1 N–H and O–H groups in total. The van der Waals surface area contributed by atoms with Crippen LogP contribution in [0.4, 0.5) is 5.69 Å². The van der Waals surface area contributed by atoms with Crippen molar-refractivity contribution in [2.45, 2.75) is 24.3 Å². The molecule has 3 rings (SSSR count). The minimum Gasteiger partial charge on any atom is -0.333 e. The summed E-state index contributed by atoms with van der Waals surface area (Å²) in [5.74, 6) is 0.0872. The zero-order valence-corrected chi connectivity index (χ0v) is 14.0. The molecule has 0 bridgehead atoms. The zero-order valence-electron chi connectivity index (χ0n) is 13.2. The van der Waals surface area contributed by atoms with E-state index in [1.54, 1.807) is 4.90 Å². The fraction of sp³-hybridized carbons (Fsp3) is 0.222. The number of anilines is 1. The third-order valence-electron chi connectivity index (χ3n) is 3.65. The van der Waals surface area contributed by atoms with E-state index in [0.717, 1.165) is 21.9 Å². The maximum absolute atomic E-state index is 12.8. The second-order valence-corrected chi connectivity index (χ2v) is 6.57. The fourth-order valence-corrected chi connectivity index (χ4v) is 3.38. The van der Waals surface area contributed by atoms with E-state index in [4.69, 9.17) is 0 Å². The number of hydrogen-bond acceptors (Lipinski definition) is 3. The van der Waals surface area contributed by atoms with Crippen LogP contribution in [0.3, 0.4) is 0 Å². The highest BCUT2D eigenvalue weighted by molar-refractivity contribution is 8.00. The van der Waals surface area contributed by atoms with Crippen molar-refractivity contribution >= 4 is 34.4 Å². The summed E-state index contributed by atoms with van der Waals surface area (Å²) in [6, 6.07) is 17.6. The number of rotatable bonds is 5. The molecule has 0 aliphatic carbocycles. The Balaban J connectivity index is 1.76. The van der Waals surface area contributed by atoms with Crippen LogP contribution < -0.4 is 4.90 Å².